The maximum Gasteiger partial charge on any atom is 0.145 e. The van der Waals surface area contributed by atoms with Gasteiger partial charge in [-0.15, -0.1) is 0 Å². The van der Waals surface area contributed by atoms with Crippen LogP contribution in [0.5, 0.6) is 5.75 Å². The predicted molar refractivity (Wildman–Crippen MR) is 122 cm³/mol. The molecule has 1 N–H and O–H groups in total. The average Bonchev–Trinajstić information content (AvgIpc) is 3.27. The number of benzene rings is 3. The van der Waals surface area contributed by atoms with Crippen molar-refractivity contribution < 1.29 is 23.5 Å². The van der Waals surface area contributed by atoms with Crippen molar-refractivity contribution in [1.82, 2.24) is 4.90 Å². The number of hydrogen-bond donors (Lipinski definition) is 1. The van der Waals surface area contributed by atoms with Gasteiger partial charge in [0.25, 0.3) is 0 Å². The topological polar surface area (TPSA) is 54.3 Å². The molecule has 1 aliphatic rings. The second-order valence-corrected chi connectivity index (χ2v) is 8.08. The summed E-state index contributed by atoms with van der Waals surface area (Å²) in [5.41, 5.74) is 2.36. The number of halogens is 2. The molecule has 7 heteroatoms. The number of para-hydroxylation sites is 1. The van der Waals surface area contributed by atoms with Crippen molar-refractivity contribution >= 4 is 5.71 Å². The van der Waals surface area contributed by atoms with Gasteiger partial charge in [0.15, 0.2) is 0 Å². The molecule has 0 amide bonds. The van der Waals surface area contributed by atoms with Crippen molar-refractivity contribution in [3.05, 3.63) is 102 Å². The number of rotatable bonds is 10. The van der Waals surface area contributed by atoms with E-state index in [0.29, 0.717) is 31.8 Å². The third-order valence-corrected chi connectivity index (χ3v) is 5.32. The summed E-state index contributed by atoms with van der Waals surface area (Å²) in [5.74, 6) is 0.0759. The lowest BCUT2D eigenvalue weighted by Crippen LogP contribution is -2.39. The Hall–Kier alpha value is -3.29. The van der Waals surface area contributed by atoms with Gasteiger partial charge in [-0.3, -0.25) is 4.90 Å². The molecule has 0 aliphatic carbocycles. The molecule has 172 valence electrons. The van der Waals surface area contributed by atoms with Gasteiger partial charge < -0.3 is 14.7 Å². The first-order valence-electron chi connectivity index (χ1n) is 10.9. The quantitative estimate of drug-likeness (QED) is 0.496. The molecule has 3 aromatic rings. The Labute approximate surface area is 191 Å². The van der Waals surface area contributed by atoms with Crippen LogP contribution >= 0.6 is 0 Å². The van der Waals surface area contributed by atoms with Gasteiger partial charge >= 0.3 is 0 Å². The van der Waals surface area contributed by atoms with Crippen molar-refractivity contribution in [3.8, 4) is 5.75 Å². The Kier molecular flexibility index (Phi) is 7.65. The Morgan fingerprint density at radius 1 is 1.00 bits per heavy atom. The number of aliphatic hydroxyl groups is 1. The van der Waals surface area contributed by atoms with Gasteiger partial charge in [0.05, 0.1) is 5.71 Å². The average molecular weight is 453 g/mol. The third kappa shape index (κ3) is 6.84. The molecule has 1 aliphatic heterocycles. The molecular formula is C26H26F2N2O3. The minimum Gasteiger partial charge on any atom is -0.491 e. The summed E-state index contributed by atoms with van der Waals surface area (Å²) in [7, 11) is 0. The van der Waals surface area contributed by atoms with Crippen molar-refractivity contribution in [2.24, 2.45) is 5.16 Å². The van der Waals surface area contributed by atoms with E-state index in [4.69, 9.17) is 9.57 Å². The zero-order valence-electron chi connectivity index (χ0n) is 18.1. The highest BCUT2D eigenvalue weighted by atomic mass is 19.1. The van der Waals surface area contributed by atoms with E-state index in [0.717, 1.165) is 16.8 Å². The molecule has 0 spiro atoms. The van der Waals surface area contributed by atoms with E-state index in [9.17, 15) is 13.9 Å². The van der Waals surface area contributed by atoms with Crippen LogP contribution < -0.4 is 4.74 Å². The zero-order valence-corrected chi connectivity index (χ0v) is 18.1. The molecule has 5 nitrogen and oxygen atoms in total. The molecule has 4 rings (SSSR count). The predicted octanol–water partition coefficient (Wildman–Crippen LogP) is 4.40. The monoisotopic (exact) mass is 452 g/mol. The van der Waals surface area contributed by atoms with Crippen molar-refractivity contribution in [2.45, 2.75) is 25.2 Å². The van der Waals surface area contributed by atoms with Crippen LogP contribution in [-0.2, 0) is 11.4 Å². The summed E-state index contributed by atoms with van der Waals surface area (Å²) >= 11 is 0. The second kappa shape index (κ2) is 11.0. The number of ether oxygens (including phenoxy) is 1. The number of oxime groups is 1. The summed E-state index contributed by atoms with van der Waals surface area (Å²) < 4.78 is 32.6. The van der Waals surface area contributed by atoms with E-state index in [1.807, 2.05) is 41.3 Å². The van der Waals surface area contributed by atoms with E-state index in [2.05, 4.69) is 5.16 Å². The molecule has 2 atom stereocenters. The van der Waals surface area contributed by atoms with Crippen LogP contribution in [0, 0.1) is 11.6 Å². The van der Waals surface area contributed by atoms with Crippen LogP contribution in [0.3, 0.4) is 0 Å². The summed E-state index contributed by atoms with van der Waals surface area (Å²) in [4.78, 5) is 7.62. The Bertz CT molecular complexity index is 1060. The Balaban J connectivity index is 1.37. The molecule has 0 radical (unpaired) electrons. The number of aliphatic hydroxyl groups excluding tert-OH is 1. The minimum atomic E-state index is -0.752. The van der Waals surface area contributed by atoms with E-state index in [1.165, 1.54) is 24.3 Å². The van der Waals surface area contributed by atoms with E-state index < -0.39 is 6.10 Å². The van der Waals surface area contributed by atoms with Crippen LogP contribution in [0.4, 0.5) is 8.78 Å². The summed E-state index contributed by atoms with van der Waals surface area (Å²) in [6.07, 6.45) is -0.430. The highest BCUT2D eigenvalue weighted by Crippen LogP contribution is 2.19. The van der Waals surface area contributed by atoms with Gasteiger partial charge in [0, 0.05) is 26.1 Å². The molecule has 0 unspecified atom stereocenters. The first kappa shape index (κ1) is 22.9. The van der Waals surface area contributed by atoms with Crippen LogP contribution in [0.2, 0.25) is 0 Å². The van der Waals surface area contributed by atoms with Crippen molar-refractivity contribution in [2.75, 3.05) is 19.7 Å². The SMILES string of the molecule is O[C@H](COc1ccccc1)CN(Cc1cccc(F)c1)C[C@H]1CC(c2ccc(F)cc2)=NO1. The van der Waals surface area contributed by atoms with Crippen LogP contribution in [0.1, 0.15) is 17.5 Å². The normalized spacial score (nSPS) is 16.4. The third-order valence-electron chi connectivity index (χ3n) is 5.32. The molecule has 0 saturated heterocycles. The first-order valence-corrected chi connectivity index (χ1v) is 10.9. The second-order valence-electron chi connectivity index (χ2n) is 8.08. The largest absolute Gasteiger partial charge is 0.491 e. The van der Waals surface area contributed by atoms with Crippen LogP contribution in [-0.4, -0.2) is 47.6 Å². The molecule has 3 aromatic carbocycles. The minimum absolute atomic E-state index is 0.131. The first-order chi connectivity index (χ1) is 16.0. The summed E-state index contributed by atoms with van der Waals surface area (Å²) in [5, 5.41) is 14.8. The maximum atomic E-state index is 13.7. The Morgan fingerprint density at radius 3 is 2.55 bits per heavy atom. The van der Waals surface area contributed by atoms with Gasteiger partial charge in [-0.05, 0) is 47.5 Å². The summed E-state index contributed by atoms with van der Waals surface area (Å²) in [6.45, 7) is 1.36. The van der Waals surface area contributed by atoms with Gasteiger partial charge in [-0.1, -0.05) is 47.6 Å². The zero-order chi connectivity index (χ0) is 23.0. The van der Waals surface area contributed by atoms with Crippen molar-refractivity contribution in [3.63, 3.8) is 0 Å². The smallest absolute Gasteiger partial charge is 0.145 e. The lowest BCUT2D eigenvalue weighted by atomic mass is 10.0. The summed E-state index contributed by atoms with van der Waals surface area (Å²) in [6, 6.07) is 21.8. The molecule has 0 fully saturated rings. The lowest BCUT2D eigenvalue weighted by molar-refractivity contribution is 0.0213. The van der Waals surface area contributed by atoms with Crippen LogP contribution in [0.25, 0.3) is 0 Å². The number of hydrogen-bond acceptors (Lipinski definition) is 5. The number of nitrogens with zero attached hydrogens (tertiary/aromatic N) is 2. The van der Waals surface area contributed by atoms with Crippen LogP contribution in [0.15, 0.2) is 84.0 Å². The van der Waals surface area contributed by atoms with Gasteiger partial charge in [-0.2, -0.15) is 0 Å². The fourth-order valence-electron chi connectivity index (χ4n) is 3.78. The molecule has 0 aromatic heterocycles. The van der Waals surface area contributed by atoms with Gasteiger partial charge in [0.2, 0.25) is 0 Å². The lowest BCUT2D eigenvalue weighted by Gasteiger charge is -2.27. The highest BCUT2D eigenvalue weighted by molar-refractivity contribution is 6.01. The molecule has 0 bridgehead atoms. The molecule has 1 heterocycles. The highest BCUT2D eigenvalue weighted by Gasteiger charge is 2.26. The fraction of sp³-hybridized carbons (Fsp3) is 0.269. The Morgan fingerprint density at radius 2 is 1.79 bits per heavy atom. The molecule has 33 heavy (non-hydrogen) atoms. The van der Waals surface area contributed by atoms with E-state index in [1.54, 1.807) is 18.2 Å². The van der Waals surface area contributed by atoms with Gasteiger partial charge in [-0.25, -0.2) is 8.78 Å². The maximum absolute atomic E-state index is 13.7. The van der Waals surface area contributed by atoms with Gasteiger partial charge in [0.1, 0.15) is 36.2 Å². The molecular weight excluding hydrogens is 426 g/mol. The van der Waals surface area contributed by atoms with E-state index in [-0.39, 0.29) is 24.3 Å². The van der Waals surface area contributed by atoms with E-state index >= 15 is 0 Å². The van der Waals surface area contributed by atoms with Crippen molar-refractivity contribution in [1.29, 1.82) is 0 Å². The molecule has 0 saturated carbocycles. The fourth-order valence-corrected chi connectivity index (χ4v) is 3.78. The standard InChI is InChI=1S/C26H26F2N2O3/c27-21-11-9-20(10-12-21)26-14-25(33-29-26)17-30(15-19-5-4-6-22(28)13-19)16-23(31)18-32-24-7-2-1-3-8-24/h1-13,23,25,31H,14-18H2/t23-,25+/m0/s1.